The average Bonchev–Trinajstić information content (AvgIpc) is 3.34. The van der Waals surface area contributed by atoms with E-state index in [0.29, 0.717) is 22.2 Å². The Morgan fingerprint density at radius 2 is 1.61 bits per heavy atom. The Bertz CT molecular complexity index is 1950. The van der Waals surface area contributed by atoms with Crippen molar-refractivity contribution in [2.45, 2.75) is 25.3 Å². The Morgan fingerprint density at radius 1 is 1.00 bits per heavy atom. The fourth-order valence-corrected chi connectivity index (χ4v) is 5.73. The molecule has 246 valence electrons. The number of allylic oxidation sites excluding steroid dienone is 1. The van der Waals surface area contributed by atoms with Crippen LogP contribution in [-0.4, -0.2) is 47.7 Å². The number of hydrogen-bond donors (Lipinski definition) is 0. The Hall–Kier alpha value is -4.57. The summed E-state index contributed by atoms with van der Waals surface area (Å²) in [6.07, 6.45) is 2.77. The molecule has 3 aromatic carbocycles. The minimum absolute atomic E-state index is 0.107. The molecule has 0 unspecified atom stereocenters. The first-order chi connectivity index (χ1) is 21.6. The molecule has 0 bridgehead atoms. The normalized spacial score (nSPS) is 12.1. The second-order valence-corrected chi connectivity index (χ2v) is 13.1. The molecule has 46 heavy (non-hydrogen) atoms. The van der Waals surface area contributed by atoms with Crippen LogP contribution in [0.15, 0.2) is 77.7 Å². The van der Waals surface area contributed by atoms with E-state index in [1.807, 2.05) is 0 Å². The monoisotopic (exact) mass is 685 g/mol. The summed E-state index contributed by atoms with van der Waals surface area (Å²) >= 11 is 0. The standard InChI is InChI=1S/C30H27F4NO9S2/c1-4-6-7-16-35(45(3,37)38)24-18-25-23(17-26(24)44-46(39,40)30(32,33)34)27(29(36)41-5-2)28(43-25)19-8-12-21(13-9-19)42-22-14-10-20(31)11-15-22/h4,8-15,17-18H,1,5-7,16H2,2-3H3. The highest BCUT2D eigenvalue weighted by Gasteiger charge is 2.49. The Morgan fingerprint density at radius 3 is 2.15 bits per heavy atom. The van der Waals surface area contributed by atoms with Gasteiger partial charge in [0.25, 0.3) is 0 Å². The maximum absolute atomic E-state index is 13.4. The molecule has 0 spiro atoms. The van der Waals surface area contributed by atoms with Gasteiger partial charge in [-0.1, -0.05) is 6.08 Å². The molecule has 0 atom stereocenters. The number of sulfonamides is 1. The van der Waals surface area contributed by atoms with Gasteiger partial charge in [-0.25, -0.2) is 17.6 Å². The minimum Gasteiger partial charge on any atom is -0.462 e. The SMILES string of the molecule is C=CCCCN(c1cc2oc(-c3ccc(Oc4ccc(F)cc4)cc3)c(C(=O)OCC)c2cc1OS(=O)(=O)C(F)(F)F)S(C)(=O)=O. The van der Waals surface area contributed by atoms with E-state index >= 15 is 0 Å². The van der Waals surface area contributed by atoms with Crippen LogP contribution in [0.1, 0.15) is 30.1 Å². The second kappa shape index (κ2) is 13.4. The van der Waals surface area contributed by atoms with Gasteiger partial charge in [0.1, 0.15) is 34.2 Å². The van der Waals surface area contributed by atoms with Crippen LogP contribution in [0.4, 0.5) is 23.2 Å². The minimum atomic E-state index is -6.29. The molecule has 1 aromatic heterocycles. The van der Waals surface area contributed by atoms with Crippen molar-refractivity contribution in [1.29, 1.82) is 0 Å². The highest BCUT2D eigenvalue weighted by atomic mass is 32.2. The first kappa shape index (κ1) is 34.3. The van der Waals surface area contributed by atoms with Crippen LogP contribution in [-0.2, 0) is 24.9 Å². The lowest BCUT2D eigenvalue weighted by Gasteiger charge is -2.24. The molecule has 0 saturated heterocycles. The van der Waals surface area contributed by atoms with Crippen molar-refractivity contribution in [3.63, 3.8) is 0 Å². The van der Waals surface area contributed by atoms with Gasteiger partial charge < -0.3 is 18.1 Å². The summed E-state index contributed by atoms with van der Waals surface area (Å²) in [5.74, 6) is -1.91. The average molecular weight is 686 g/mol. The van der Waals surface area contributed by atoms with E-state index in [-0.39, 0.29) is 47.4 Å². The largest absolute Gasteiger partial charge is 0.534 e. The Kier molecular flexibility index (Phi) is 10.0. The summed E-state index contributed by atoms with van der Waals surface area (Å²) < 4.78 is 125. The van der Waals surface area contributed by atoms with E-state index in [1.165, 1.54) is 61.5 Å². The molecule has 16 heteroatoms. The smallest absolute Gasteiger partial charge is 0.462 e. The fraction of sp³-hybridized carbons (Fsp3) is 0.233. The summed E-state index contributed by atoms with van der Waals surface area (Å²) in [5.41, 5.74) is -6.65. The summed E-state index contributed by atoms with van der Waals surface area (Å²) in [5, 5.41) is -0.212. The number of hydrogen-bond acceptors (Lipinski definition) is 9. The van der Waals surface area contributed by atoms with Gasteiger partial charge in [0.15, 0.2) is 5.75 Å². The maximum atomic E-state index is 13.4. The fourth-order valence-electron chi connectivity index (χ4n) is 4.31. The third kappa shape index (κ3) is 7.62. The molecule has 0 N–H and O–H groups in total. The van der Waals surface area contributed by atoms with Crippen molar-refractivity contribution >= 4 is 42.8 Å². The van der Waals surface area contributed by atoms with Gasteiger partial charge in [-0.2, -0.15) is 21.6 Å². The van der Waals surface area contributed by atoms with Crippen molar-refractivity contribution in [3.05, 3.63) is 84.7 Å². The number of alkyl halides is 3. The lowest BCUT2D eigenvalue weighted by Crippen LogP contribution is -2.33. The molecule has 4 aromatic rings. The van der Waals surface area contributed by atoms with Crippen LogP contribution in [0.2, 0.25) is 0 Å². The Labute approximate surface area is 262 Å². The predicted molar refractivity (Wildman–Crippen MR) is 161 cm³/mol. The topological polar surface area (TPSA) is 129 Å². The summed E-state index contributed by atoms with van der Waals surface area (Å²) in [6, 6.07) is 13.0. The van der Waals surface area contributed by atoms with E-state index in [4.69, 9.17) is 13.9 Å². The first-order valence-corrected chi connectivity index (χ1v) is 16.7. The zero-order valence-corrected chi connectivity index (χ0v) is 26.0. The second-order valence-electron chi connectivity index (χ2n) is 9.67. The molecule has 1 heterocycles. The predicted octanol–water partition coefficient (Wildman–Crippen LogP) is 7.17. The number of fused-ring (bicyclic) bond motifs is 1. The molecule has 0 saturated carbocycles. The highest BCUT2D eigenvalue weighted by Crippen LogP contribution is 2.43. The number of esters is 1. The number of unbranched alkanes of at least 4 members (excludes halogenated alkanes) is 1. The summed E-state index contributed by atoms with van der Waals surface area (Å²) in [4.78, 5) is 13.2. The molecule has 0 radical (unpaired) electrons. The summed E-state index contributed by atoms with van der Waals surface area (Å²) in [6.45, 7) is 4.67. The van der Waals surface area contributed by atoms with Crippen LogP contribution < -0.4 is 13.2 Å². The molecule has 0 aliphatic heterocycles. The number of rotatable bonds is 13. The zero-order chi connectivity index (χ0) is 33.9. The number of anilines is 1. The van der Waals surface area contributed by atoms with E-state index in [2.05, 4.69) is 10.8 Å². The van der Waals surface area contributed by atoms with E-state index < -0.39 is 48.9 Å². The molecule has 0 amide bonds. The molecular weight excluding hydrogens is 658 g/mol. The summed E-state index contributed by atoms with van der Waals surface area (Å²) in [7, 11) is -10.5. The Balaban J connectivity index is 1.92. The molecular formula is C30H27F4NO9S2. The third-order valence-electron chi connectivity index (χ3n) is 6.34. The third-order valence-corrected chi connectivity index (χ3v) is 8.48. The van der Waals surface area contributed by atoms with Gasteiger partial charge in [0, 0.05) is 23.6 Å². The van der Waals surface area contributed by atoms with Gasteiger partial charge in [-0.15, -0.1) is 6.58 Å². The van der Waals surface area contributed by atoms with Gasteiger partial charge >= 0.3 is 21.6 Å². The van der Waals surface area contributed by atoms with Crippen LogP contribution in [0.3, 0.4) is 0 Å². The maximum Gasteiger partial charge on any atom is 0.534 e. The van der Waals surface area contributed by atoms with Crippen LogP contribution in [0.25, 0.3) is 22.3 Å². The van der Waals surface area contributed by atoms with Gasteiger partial charge in [-0.3, -0.25) is 4.31 Å². The number of carbonyl (C=O) groups excluding carboxylic acids is 1. The number of furan rings is 1. The molecule has 0 aliphatic rings. The molecule has 4 rings (SSSR count). The number of benzene rings is 3. The van der Waals surface area contributed by atoms with Gasteiger partial charge in [0.05, 0.1) is 18.6 Å². The number of nitrogens with zero attached hydrogens (tertiary/aromatic N) is 1. The molecule has 10 nitrogen and oxygen atoms in total. The molecule has 0 fully saturated rings. The zero-order valence-electron chi connectivity index (χ0n) is 24.3. The lowest BCUT2D eigenvalue weighted by atomic mass is 10.0. The van der Waals surface area contributed by atoms with Crippen molar-refractivity contribution in [2.75, 3.05) is 23.7 Å². The molecule has 0 aliphatic carbocycles. The number of halogens is 4. The van der Waals surface area contributed by atoms with Crippen molar-refractivity contribution < 1.29 is 57.3 Å². The van der Waals surface area contributed by atoms with E-state index in [9.17, 15) is 39.2 Å². The highest BCUT2D eigenvalue weighted by molar-refractivity contribution is 7.92. The number of ether oxygens (including phenoxy) is 2. The van der Waals surface area contributed by atoms with E-state index in [1.54, 1.807) is 0 Å². The number of carbonyl (C=O) groups is 1. The van der Waals surface area contributed by atoms with Crippen molar-refractivity contribution in [3.8, 4) is 28.6 Å². The van der Waals surface area contributed by atoms with Gasteiger partial charge in [-0.05, 0) is 74.4 Å². The lowest BCUT2D eigenvalue weighted by molar-refractivity contribution is -0.0499. The van der Waals surface area contributed by atoms with Crippen LogP contribution in [0.5, 0.6) is 17.2 Å². The quantitative estimate of drug-likeness (QED) is 0.0359. The van der Waals surface area contributed by atoms with Crippen molar-refractivity contribution in [1.82, 2.24) is 0 Å². The van der Waals surface area contributed by atoms with Crippen LogP contribution >= 0.6 is 0 Å². The van der Waals surface area contributed by atoms with Crippen LogP contribution in [0, 0.1) is 5.82 Å². The van der Waals surface area contributed by atoms with Crippen molar-refractivity contribution in [2.24, 2.45) is 0 Å². The first-order valence-electron chi connectivity index (χ1n) is 13.5. The van der Waals surface area contributed by atoms with Gasteiger partial charge in [0.2, 0.25) is 10.0 Å². The van der Waals surface area contributed by atoms with E-state index in [0.717, 1.165) is 18.4 Å².